The fourth-order valence-electron chi connectivity index (χ4n) is 6.45. The molecule has 1 N–H and O–H groups in total. The highest BCUT2D eigenvalue weighted by molar-refractivity contribution is 14.1. The zero-order valence-corrected chi connectivity index (χ0v) is 22.9. The van der Waals surface area contributed by atoms with E-state index in [9.17, 15) is 24.3 Å². The van der Waals surface area contributed by atoms with Crippen LogP contribution < -0.4 is 9.64 Å². The van der Waals surface area contributed by atoms with Crippen molar-refractivity contribution in [1.82, 2.24) is 0 Å². The van der Waals surface area contributed by atoms with E-state index in [0.29, 0.717) is 40.1 Å². The first kappa shape index (κ1) is 24.8. The highest BCUT2D eigenvalue weighted by Gasteiger charge is 2.56. The monoisotopic (exact) mass is 621 g/mol. The van der Waals surface area contributed by atoms with Crippen molar-refractivity contribution in [3.8, 4) is 11.5 Å². The number of carbonyl (C=O) groups excluding carboxylic acids is 4. The number of nitrogens with zero attached hydrogens (tertiary/aromatic N) is 1. The zero-order chi connectivity index (χ0) is 26.9. The Bertz CT molecular complexity index is 1530. The number of methoxy groups -OCH3 is 1. The Morgan fingerprint density at radius 1 is 1.00 bits per heavy atom. The molecule has 0 bridgehead atoms. The summed E-state index contributed by atoms with van der Waals surface area (Å²) >= 11 is 2.17. The largest absolute Gasteiger partial charge is 0.508 e. The standard InChI is InChI=1S/C30H24INO6/c1-14-11-24(34)22-13-20-18(25(27(22)28(14)35)21-12-17(38-2)7-10-23(21)33)8-9-19-26(20)30(37)32(29(19)36)16-5-3-15(31)4-6-16/h3-8,10-12,19-20,25-26,33H,9,13H2,1-2H3. The van der Waals surface area contributed by atoms with Crippen molar-refractivity contribution in [3.05, 3.63) is 86.0 Å². The van der Waals surface area contributed by atoms with Gasteiger partial charge in [0.25, 0.3) is 0 Å². The van der Waals surface area contributed by atoms with Crippen LogP contribution in [0.15, 0.2) is 76.9 Å². The molecule has 8 heteroatoms. The molecule has 4 unspecified atom stereocenters. The lowest BCUT2D eigenvalue weighted by Gasteiger charge is -2.42. The summed E-state index contributed by atoms with van der Waals surface area (Å²) in [6, 6.07) is 12.0. The van der Waals surface area contributed by atoms with Gasteiger partial charge >= 0.3 is 0 Å². The Hall–Kier alpha value is -3.53. The van der Waals surface area contributed by atoms with Gasteiger partial charge in [-0.25, -0.2) is 0 Å². The van der Waals surface area contributed by atoms with E-state index in [-0.39, 0.29) is 35.6 Å². The predicted octanol–water partition coefficient (Wildman–Crippen LogP) is 4.64. The van der Waals surface area contributed by atoms with E-state index >= 15 is 0 Å². The maximum atomic E-state index is 13.9. The normalized spacial score (nSPS) is 26.6. The Kier molecular flexibility index (Phi) is 5.90. The van der Waals surface area contributed by atoms with Gasteiger partial charge < -0.3 is 9.84 Å². The number of aromatic hydroxyl groups is 1. The number of carbonyl (C=O) groups is 4. The average molecular weight is 621 g/mol. The molecular weight excluding hydrogens is 597 g/mol. The number of halogens is 1. The lowest BCUT2D eigenvalue weighted by molar-refractivity contribution is -0.123. The Balaban J connectivity index is 1.50. The van der Waals surface area contributed by atoms with Crippen LogP contribution in [0.2, 0.25) is 0 Å². The number of ether oxygens (including phenoxy) is 1. The smallest absolute Gasteiger partial charge is 0.238 e. The minimum absolute atomic E-state index is 0.0341. The quantitative estimate of drug-likeness (QED) is 0.232. The number of Topliss-reactive ketones (excluding diaryl/α,β-unsaturated/α-hetero) is 1. The van der Waals surface area contributed by atoms with E-state index < -0.39 is 23.7 Å². The highest BCUT2D eigenvalue weighted by Crippen LogP contribution is 2.56. The minimum atomic E-state index is -0.727. The van der Waals surface area contributed by atoms with Gasteiger partial charge in [-0.05, 0) is 96.8 Å². The van der Waals surface area contributed by atoms with E-state index in [1.807, 2.05) is 18.2 Å². The van der Waals surface area contributed by atoms with Gasteiger partial charge in [0.15, 0.2) is 11.6 Å². The lowest BCUT2D eigenvalue weighted by atomic mass is 9.59. The van der Waals surface area contributed by atoms with Crippen molar-refractivity contribution in [2.24, 2.45) is 17.8 Å². The number of ketones is 2. The van der Waals surface area contributed by atoms with Crippen molar-refractivity contribution < 1.29 is 29.0 Å². The second-order valence-electron chi connectivity index (χ2n) is 10.1. The Morgan fingerprint density at radius 2 is 1.74 bits per heavy atom. The first-order valence-corrected chi connectivity index (χ1v) is 13.5. The maximum Gasteiger partial charge on any atom is 0.238 e. The summed E-state index contributed by atoms with van der Waals surface area (Å²) in [5.74, 6) is -3.01. The fraction of sp³-hybridized carbons (Fsp3) is 0.267. The second-order valence-corrected chi connectivity index (χ2v) is 11.4. The van der Waals surface area contributed by atoms with Crippen molar-refractivity contribution in [2.75, 3.05) is 12.0 Å². The van der Waals surface area contributed by atoms with Crippen molar-refractivity contribution in [1.29, 1.82) is 0 Å². The van der Waals surface area contributed by atoms with Crippen LogP contribution in [0.3, 0.4) is 0 Å². The lowest BCUT2D eigenvalue weighted by Crippen LogP contribution is -2.39. The molecule has 1 fully saturated rings. The molecule has 4 atom stereocenters. The number of benzene rings is 2. The summed E-state index contributed by atoms with van der Waals surface area (Å²) in [5, 5.41) is 10.9. The number of amides is 2. The number of hydrogen-bond donors (Lipinski definition) is 1. The molecule has 0 aromatic heterocycles. The first-order valence-electron chi connectivity index (χ1n) is 12.4. The molecule has 1 aliphatic heterocycles. The fourth-order valence-corrected chi connectivity index (χ4v) is 6.81. The van der Waals surface area contributed by atoms with Gasteiger partial charge in [-0.3, -0.25) is 24.1 Å². The van der Waals surface area contributed by atoms with Crippen LogP contribution in [0.5, 0.6) is 11.5 Å². The molecule has 38 heavy (non-hydrogen) atoms. The third-order valence-corrected chi connectivity index (χ3v) is 8.91. The predicted molar refractivity (Wildman–Crippen MR) is 148 cm³/mol. The first-order chi connectivity index (χ1) is 18.2. The topological polar surface area (TPSA) is 101 Å². The van der Waals surface area contributed by atoms with Gasteiger partial charge in [-0.1, -0.05) is 11.6 Å². The van der Waals surface area contributed by atoms with Gasteiger partial charge in [-0.2, -0.15) is 0 Å². The summed E-state index contributed by atoms with van der Waals surface area (Å²) in [7, 11) is 1.51. The van der Waals surface area contributed by atoms with Crippen LogP contribution in [0.1, 0.15) is 31.2 Å². The van der Waals surface area contributed by atoms with E-state index in [2.05, 4.69) is 22.6 Å². The third kappa shape index (κ3) is 3.60. The van der Waals surface area contributed by atoms with Crippen LogP contribution in [0, 0.1) is 21.3 Å². The van der Waals surface area contributed by atoms with E-state index in [1.165, 1.54) is 24.2 Å². The number of fused-ring (bicyclic) bond motifs is 3. The van der Waals surface area contributed by atoms with Crippen molar-refractivity contribution in [2.45, 2.75) is 25.7 Å². The molecule has 7 nitrogen and oxygen atoms in total. The van der Waals surface area contributed by atoms with Crippen LogP contribution in [0.25, 0.3) is 0 Å². The number of allylic oxidation sites excluding steroid dienone is 6. The van der Waals surface area contributed by atoms with Crippen LogP contribution in [0.4, 0.5) is 5.69 Å². The Morgan fingerprint density at radius 3 is 2.45 bits per heavy atom. The van der Waals surface area contributed by atoms with Gasteiger partial charge in [-0.15, -0.1) is 0 Å². The number of phenolic OH excluding ortho intramolecular Hbond substituents is 1. The summed E-state index contributed by atoms with van der Waals surface area (Å²) in [6.07, 6.45) is 3.81. The molecule has 2 aromatic carbocycles. The second kappa shape index (κ2) is 9.04. The number of imide groups is 1. The molecule has 2 amide bonds. The molecule has 6 rings (SSSR count). The highest BCUT2D eigenvalue weighted by atomic mass is 127. The molecule has 0 saturated carbocycles. The molecule has 4 aliphatic rings. The van der Waals surface area contributed by atoms with E-state index in [1.54, 1.807) is 31.2 Å². The average Bonchev–Trinajstić information content (AvgIpc) is 3.17. The number of rotatable bonds is 3. The van der Waals surface area contributed by atoms with Crippen molar-refractivity contribution >= 4 is 51.7 Å². The molecule has 1 heterocycles. The van der Waals surface area contributed by atoms with E-state index in [4.69, 9.17) is 4.74 Å². The number of hydrogen-bond acceptors (Lipinski definition) is 6. The van der Waals surface area contributed by atoms with E-state index in [0.717, 1.165) is 9.14 Å². The molecule has 1 saturated heterocycles. The van der Waals surface area contributed by atoms with Gasteiger partial charge in [0.1, 0.15) is 11.5 Å². The summed E-state index contributed by atoms with van der Waals surface area (Å²) in [5.41, 5.74) is 2.78. The molecule has 192 valence electrons. The molecule has 2 aromatic rings. The number of anilines is 1. The molecule has 0 spiro atoms. The van der Waals surface area contributed by atoms with Gasteiger partial charge in [0.2, 0.25) is 11.8 Å². The molecular formula is C30H24INO6. The zero-order valence-electron chi connectivity index (χ0n) is 20.7. The van der Waals surface area contributed by atoms with Crippen LogP contribution in [-0.4, -0.2) is 35.6 Å². The van der Waals surface area contributed by atoms with Crippen LogP contribution in [-0.2, 0) is 19.2 Å². The summed E-state index contributed by atoms with van der Waals surface area (Å²) in [4.78, 5) is 55.4. The summed E-state index contributed by atoms with van der Waals surface area (Å²) in [6.45, 7) is 1.61. The summed E-state index contributed by atoms with van der Waals surface area (Å²) < 4.78 is 6.39. The van der Waals surface area contributed by atoms with Gasteiger partial charge in [0.05, 0.1) is 24.6 Å². The minimum Gasteiger partial charge on any atom is -0.508 e. The SMILES string of the molecule is COc1ccc(O)c(C2C3=CCC4C(=O)N(c5ccc(I)cc5)C(=O)C4C3CC3=C2C(=O)C(C)=CC3=O)c1. The maximum absolute atomic E-state index is 13.9. The number of phenols is 1. The van der Waals surface area contributed by atoms with Gasteiger partial charge in [0, 0.05) is 31.8 Å². The Labute approximate surface area is 233 Å². The molecule has 3 aliphatic carbocycles. The van der Waals surface area contributed by atoms with Crippen LogP contribution >= 0.6 is 22.6 Å². The third-order valence-electron chi connectivity index (χ3n) is 8.20. The molecule has 0 radical (unpaired) electrons. The van der Waals surface area contributed by atoms with Crippen molar-refractivity contribution in [3.63, 3.8) is 0 Å².